The van der Waals surface area contributed by atoms with Crippen molar-refractivity contribution in [3.05, 3.63) is 0 Å². The minimum Gasteiger partial charge on any atom is -0.481 e. The quantitative estimate of drug-likeness (QED) is 0.142. The van der Waals surface area contributed by atoms with Gasteiger partial charge in [-0.05, 0) is 57.9 Å². The molecule has 1 aliphatic carbocycles. The van der Waals surface area contributed by atoms with Gasteiger partial charge in [0.15, 0.2) is 0 Å². The van der Waals surface area contributed by atoms with Crippen LogP contribution < -0.4 is 26.7 Å². The van der Waals surface area contributed by atoms with Crippen molar-refractivity contribution < 1.29 is 33.9 Å². The number of aliphatic carboxylic acids is 1. The third-order valence-corrected chi connectivity index (χ3v) is 7.67. The molecule has 0 aromatic rings. The minimum absolute atomic E-state index is 0.000412. The Balaban J connectivity index is 1.54. The Hall–Kier alpha value is -3.75. The van der Waals surface area contributed by atoms with E-state index in [0.29, 0.717) is 32.4 Å². The normalized spacial score (nSPS) is 25.9. The van der Waals surface area contributed by atoms with E-state index in [9.17, 15) is 33.9 Å². The van der Waals surface area contributed by atoms with Gasteiger partial charge in [0.05, 0.1) is 18.5 Å². The first kappa shape index (κ1) is 30.8. The van der Waals surface area contributed by atoms with Gasteiger partial charge in [-0.3, -0.25) is 29.0 Å². The molecule has 0 aromatic heterocycles. The zero-order valence-electron chi connectivity index (χ0n) is 23.0. The van der Waals surface area contributed by atoms with Gasteiger partial charge in [0, 0.05) is 38.7 Å². The number of carboxylic acid groups (broad SMARTS) is 1. The topological polar surface area (TPSA) is 202 Å². The maximum atomic E-state index is 13.2. The van der Waals surface area contributed by atoms with E-state index in [-0.39, 0.29) is 30.1 Å². The number of fused-ring (bicyclic) bond motifs is 1. The molecule has 3 fully saturated rings. The first-order valence-electron chi connectivity index (χ1n) is 13.8. The first-order valence-corrected chi connectivity index (χ1v) is 13.8. The predicted molar refractivity (Wildman–Crippen MR) is 142 cm³/mol. The van der Waals surface area contributed by atoms with Crippen LogP contribution in [0.2, 0.25) is 0 Å². The van der Waals surface area contributed by atoms with Gasteiger partial charge in [0.25, 0.3) is 5.91 Å². The van der Waals surface area contributed by atoms with E-state index in [0.717, 1.165) is 31.9 Å². The molecule has 3 atom stereocenters. The van der Waals surface area contributed by atoms with E-state index in [1.807, 2.05) is 0 Å². The van der Waals surface area contributed by atoms with Crippen LogP contribution in [0.25, 0.3) is 0 Å². The third-order valence-electron chi connectivity index (χ3n) is 7.67. The van der Waals surface area contributed by atoms with Crippen molar-refractivity contribution in [1.82, 2.24) is 36.7 Å². The van der Waals surface area contributed by atoms with Crippen LogP contribution in [-0.2, 0) is 24.0 Å². The number of likely N-dealkylation sites (N-methyl/N-ethyl adjacent to an activating group) is 1. The smallest absolute Gasteiger partial charge is 0.335 e. The molecule has 0 aromatic carbocycles. The fourth-order valence-electron chi connectivity index (χ4n) is 5.44. The van der Waals surface area contributed by atoms with Crippen LogP contribution >= 0.6 is 0 Å². The van der Waals surface area contributed by atoms with Crippen LogP contribution in [0.1, 0.15) is 57.8 Å². The van der Waals surface area contributed by atoms with Crippen LogP contribution in [0.5, 0.6) is 0 Å². The van der Waals surface area contributed by atoms with Crippen molar-refractivity contribution in [3.8, 4) is 0 Å². The van der Waals surface area contributed by atoms with E-state index in [2.05, 4.69) is 31.8 Å². The maximum Gasteiger partial charge on any atom is 0.335 e. The average molecular weight is 565 g/mol. The molecule has 15 heteroatoms. The number of hydrogen-bond donors (Lipinski definition) is 6. The molecule has 15 nitrogen and oxygen atoms in total. The predicted octanol–water partition coefficient (Wildman–Crippen LogP) is -1.10. The summed E-state index contributed by atoms with van der Waals surface area (Å²) >= 11 is 0. The molecule has 6 N–H and O–H groups in total. The zero-order valence-corrected chi connectivity index (χ0v) is 23.0. The van der Waals surface area contributed by atoms with Crippen LogP contribution in [0, 0.1) is 11.8 Å². The molecule has 2 saturated heterocycles. The summed E-state index contributed by atoms with van der Waals surface area (Å²) in [7, 11) is 3.23. The number of amides is 6. The van der Waals surface area contributed by atoms with Crippen molar-refractivity contribution >= 4 is 41.8 Å². The standard InChI is InChI=1S/C25H40N8O7/c1-26-18-9-10-20(34)32-11-3-4-19(33(32)24(18)39)23(38)30-17(12-21(35)36)14-29-31-25(40)28-13-15-5-7-16(8-6-15)22(37)27-2/h14-19,26H,3-13H2,1-2H3,(H,27,37)(H,30,38)(H,35,36)(H2,28,31,40)/b29-14+/t15?,16?,17-,18-,19-/m0/s1. The lowest BCUT2D eigenvalue weighted by Crippen LogP contribution is -2.64. The molecule has 0 radical (unpaired) electrons. The highest BCUT2D eigenvalue weighted by Gasteiger charge is 2.44. The van der Waals surface area contributed by atoms with E-state index < -0.39 is 48.4 Å². The molecule has 0 bridgehead atoms. The number of rotatable bonds is 10. The van der Waals surface area contributed by atoms with Crippen molar-refractivity contribution in [2.45, 2.75) is 75.9 Å². The zero-order chi connectivity index (χ0) is 29.2. The van der Waals surface area contributed by atoms with Gasteiger partial charge in [-0.25, -0.2) is 15.2 Å². The summed E-state index contributed by atoms with van der Waals surface area (Å²) in [4.78, 5) is 74.3. The number of hydrogen-bond acceptors (Lipinski definition) is 8. The second kappa shape index (κ2) is 14.6. The van der Waals surface area contributed by atoms with Crippen molar-refractivity contribution in [1.29, 1.82) is 0 Å². The molecule has 2 aliphatic heterocycles. The Labute approximate surface area is 232 Å². The van der Waals surface area contributed by atoms with Gasteiger partial charge in [-0.1, -0.05) is 0 Å². The van der Waals surface area contributed by atoms with E-state index >= 15 is 0 Å². The summed E-state index contributed by atoms with van der Waals surface area (Å²) in [6, 6.07) is -3.26. The number of urea groups is 1. The van der Waals surface area contributed by atoms with Crippen molar-refractivity contribution in [2.75, 3.05) is 27.2 Å². The summed E-state index contributed by atoms with van der Waals surface area (Å²) in [5.41, 5.74) is 2.28. The Morgan fingerprint density at radius 3 is 2.42 bits per heavy atom. The summed E-state index contributed by atoms with van der Waals surface area (Å²) in [6.07, 6.45) is 5.05. The highest BCUT2D eigenvalue weighted by molar-refractivity contribution is 5.94. The second-order valence-electron chi connectivity index (χ2n) is 10.4. The summed E-state index contributed by atoms with van der Waals surface area (Å²) in [6.45, 7) is 0.727. The SMILES string of the molecule is CNC(=O)C1CCC(CNC(=O)N/N=C/[C@H](CC(=O)O)NC(=O)[C@@H]2CCCN3C(=O)CC[C@H](NC)C(=O)N23)CC1. The number of carbonyl (C=O) groups is 6. The monoisotopic (exact) mass is 564 g/mol. The Morgan fingerprint density at radius 2 is 1.77 bits per heavy atom. The minimum atomic E-state index is -1.20. The molecule has 2 heterocycles. The number of nitrogens with one attached hydrogen (secondary N) is 5. The Morgan fingerprint density at radius 1 is 1.05 bits per heavy atom. The molecule has 0 spiro atoms. The molecule has 0 unspecified atom stereocenters. The highest BCUT2D eigenvalue weighted by Crippen LogP contribution is 2.28. The lowest BCUT2D eigenvalue weighted by Gasteiger charge is -2.43. The number of hydrazine groups is 1. The molecular formula is C25H40N8O7. The summed E-state index contributed by atoms with van der Waals surface area (Å²) in [5, 5.41) is 26.5. The van der Waals surface area contributed by atoms with Crippen LogP contribution in [0.15, 0.2) is 5.10 Å². The molecule has 3 rings (SSSR count). The van der Waals surface area contributed by atoms with Gasteiger partial charge in [-0.15, -0.1) is 0 Å². The molecule has 1 saturated carbocycles. The first-order chi connectivity index (χ1) is 19.1. The Kier molecular flexibility index (Phi) is 11.2. The maximum absolute atomic E-state index is 13.2. The fraction of sp³-hybridized carbons (Fsp3) is 0.720. The highest BCUT2D eigenvalue weighted by atomic mass is 16.4. The molecule has 6 amide bonds. The van der Waals surface area contributed by atoms with Gasteiger partial charge in [-0.2, -0.15) is 5.10 Å². The number of hydrazone groups is 1. The van der Waals surface area contributed by atoms with Gasteiger partial charge in [0.1, 0.15) is 6.04 Å². The largest absolute Gasteiger partial charge is 0.481 e. The second-order valence-corrected chi connectivity index (χ2v) is 10.4. The van der Waals surface area contributed by atoms with Crippen molar-refractivity contribution in [3.63, 3.8) is 0 Å². The number of carboxylic acids is 1. The lowest BCUT2D eigenvalue weighted by atomic mass is 9.81. The van der Waals surface area contributed by atoms with Crippen molar-refractivity contribution in [2.24, 2.45) is 16.9 Å². The number of carbonyl (C=O) groups excluding carboxylic acids is 5. The third kappa shape index (κ3) is 8.13. The summed E-state index contributed by atoms with van der Waals surface area (Å²) < 4.78 is 0. The lowest BCUT2D eigenvalue weighted by molar-refractivity contribution is -0.176. The van der Waals surface area contributed by atoms with E-state index in [1.54, 1.807) is 14.1 Å². The van der Waals surface area contributed by atoms with E-state index in [1.165, 1.54) is 10.0 Å². The summed E-state index contributed by atoms with van der Waals surface area (Å²) in [5.74, 6) is -2.18. The van der Waals surface area contributed by atoms with Gasteiger partial charge < -0.3 is 26.4 Å². The van der Waals surface area contributed by atoms with Crippen LogP contribution in [0.4, 0.5) is 4.79 Å². The molecular weight excluding hydrogens is 524 g/mol. The van der Waals surface area contributed by atoms with E-state index in [4.69, 9.17) is 0 Å². The van der Waals surface area contributed by atoms with Gasteiger partial charge >= 0.3 is 12.0 Å². The van der Waals surface area contributed by atoms with Crippen LogP contribution in [-0.4, -0.2) is 102 Å². The fourth-order valence-corrected chi connectivity index (χ4v) is 5.44. The number of nitrogens with zero attached hydrogens (tertiary/aromatic N) is 3. The van der Waals surface area contributed by atoms with Gasteiger partial charge in [0.2, 0.25) is 17.7 Å². The molecule has 222 valence electrons. The molecule has 3 aliphatic rings. The average Bonchev–Trinajstić information content (AvgIpc) is 3.06. The van der Waals surface area contributed by atoms with Crippen LogP contribution in [0.3, 0.4) is 0 Å². The molecule has 40 heavy (non-hydrogen) atoms. The Bertz CT molecular complexity index is 998.